The van der Waals surface area contributed by atoms with E-state index in [1.165, 1.54) is 25.7 Å². The summed E-state index contributed by atoms with van der Waals surface area (Å²) < 4.78 is 0. The van der Waals surface area contributed by atoms with Crippen LogP contribution in [0.15, 0.2) is 0 Å². The monoisotopic (exact) mass is 340 g/mol. The molecule has 6 nitrogen and oxygen atoms in total. The van der Waals surface area contributed by atoms with Gasteiger partial charge in [0.2, 0.25) is 0 Å². The summed E-state index contributed by atoms with van der Waals surface area (Å²) >= 11 is 0. The molecule has 0 aromatic carbocycles. The van der Waals surface area contributed by atoms with Crippen LogP contribution in [0.4, 0.5) is 0 Å². The summed E-state index contributed by atoms with van der Waals surface area (Å²) in [7, 11) is 0. The molecule has 0 heterocycles. The minimum Gasteiger partial charge on any atom is -0.380 e. The first-order chi connectivity index (χ1) is 11.6. The van der Waals surface area contributed by atoms with Gasteiger partial charge in [-0.15, -0.1) is 0 Å². The Morgan fingerprint density at radius 2 is 0.917 bits per heavy atom. The van der Waals surface area contributed by atoms with Crippen molar-refractivity contribution in [1.82, 2.24) is 10.6 Å². The van der Waals surface area contributed by atoms with Crippen LogP contribution >= 0.6 is 0 Å². The van der Waals surface area contributed by atoms with E-state index in [4.69, 9.17) is 0 Å². The number of aliphatic hydroxyl groups is 2. The highest BCUT2D eigenvalue weighted by Gasteiger charge is 2.32. The number of hydrogen-bond donors (Lipinski definition) is 4. The Balaban J connectivity index is 1.79. The zero-order valence-corrected chi connectivity index (χ0v) is 14.5. The van der Waals surface area contributed by atoms with Gasteiger partial charge < -0.3 is 20.8 Å². The molecule has 0 radical (unpaired) electrons. The second-order valence-corrected chi connectivity index (χ2v) is 7.28. The zero-order valence-electron chi connectivity index (χ0n) is 14.5. The molecule has 0 spiro atoms. The highest BCUT2D eigenvalue weighted by molar-refractivity contribution is 5.90. The van der Waals surface area contributed by atoms with Gasteiger partial charge in [0.05, 0.1) is 0 Å². The fraction of sp³-hybridized carbons (Fsp3) is 0.889. The van der Waals surface area contributed by atoms with E-state index in [1.54, 1.807) is 0 Å². The maximum Gasteiger partial charge on any atom is 0.252 e. The number of hydrogen-bond acceptors (Lipinski definition) is 4. The summed E-state index contributed by atoms with van der Waals surface area (Å²) in [5.74, 6) is -1.30. The van der Waals surface area contributed by atoms with Crippen molar-refractivity contribution in [2.75, 3.05) is 0 Å². The Morgan fingerprint density at radius 3 is 1.21 bits per heavy atom. The average Bonchev–Trinajstić information content (AvgIpc) is 2.98. The average molecular weight is 340 g/mol. The van der Waals surface area contributed by atoms with E-state index in [0.29, 0.717) is 0 Å². The molecule has 2 saturated carbocycles. The lowest BCUT2D eigenvalue weighted by Gasteiger charge is -2.23. The molecule has 24 heavy (non-hydrogen) atoms. The predicted octanol–water partition coefficient (Wildman–Crippen LogP) is 1.39. The third-order valence-electron chi connectivity index (χ3n) is 5.24. The van der Waals surface area contributed by atoms with Crippen molar-refractivity contribution in [3.05, 3.63) is 0 Å². The molecule has 2 aliphatic carbocycles. The molecular weight excluding hydrogens is 308 g/mol. The summed E-state index contributed by atoms with van der Waals surface area (Å²) in [6, 6.07) is 0.0681. The van der Waals surface area contributed by atoms with Crippen LogP contribution in [-0.2, 0) is 9.59 Å². The van der Waals surface area contributed by atoms with Crippen LogP contribution in [0.5, 0.6) is 0 Å². The van der Waals surface area contributed by atoms with Gasteiger partial charge in [-0.3, -0.25) is 9.59 Å². The van der Waals surface area contributed by atoms with Crippen molar-refractivity contribution in [3.63, 3.8) is 0 Å². The quantitative estimate of drug-likeness (QED) is 0.568. The lowest BCUT2D eigenvalue weighted by Crippen LogP contribution is -2.53. The molecule has 0 bridgehead atoms. The van der Waals surface area contributed by atoms with Crippen LogP contribution in [0.25, 0.3) is 0 Å². The number of aliphatic hydroxyl groups excluding tert-OH is 2. The van der Waals surface area contributed by atoms with E-state index in [9.17, 15) is 19.8 Å². The Hall–Kier alpha value is -1.14. The summed E-state index contributed by atoms with van der Waals surface area (Å²) in [5.41, 5.74) is 0. The van der Waals surface area contributed by atoms with Crippen molar-refractivity contribution in [2.24, 2.45) is 0 Å². The summed E-state index contributed by atoms with van der Waals surface area (Å²) in [6.07, 6.45) is 9.07. The largest absolute Gasteiger partial charge is 0.380 e. The number of carbonyl (C=O) groups excluding carboxylic acids is 2. The molecule has 2 fully saturated rings. The van der Waals surface area contributed by atoms with Gasteiger partial charge in [0.1, 0.15) is 0 Å². The number of amides is 2. The van der Waals surface area contributed by atoms with Crippen molar-refractivity contribution in [2.45, 2.75) is 101 Å². The van der Waals surface area contributed by atoms with E-state index in [0.717, 1.165) is 51.4 Å². The van der Waals surface area contributed by atoms with Crippen LogP contribution in [0.2, 0.25) is 0 Å². The lowest BCUT2D eigenvalue weighted by molar-refractivity contribution is -0.147. The van der Waals surface area contributed by atoms with E-state index in [1.807, 2.05) is 0 Å². The molecule has 6 heteroatoms. The minimum atomic E-state index is -1.71. The molecular formula is C18H32N2O4. The first-order valence-electron chi connectivity index (χ1n) is 9.55. The Kier molecular flexibility index (Phi) is 7.99. The molecule has 2 rings (SSSR count). The van der Waals surface area contributed by atoms with Gasteiger partial charge in [0, 0.05) is 12.1 Å². The molecule has 4 N–H and O–H groups in total. The van der Waals surface area contributed by atoms with Gasteiger partial charge >= 0.3 is 0 Å². The van der Waals surface area contributed by atoms with E-state index in [-0.39, 0.29) is 12.1 Å². The number of nitrogens with one attached hydrogen (secondary N) is 2. The van der Waals surface area contributed by atoms with Gasteiger partial charge in [-0.2, -0.15) is 0 Å². The maximum absolute atomic E-state index is 12.1. The zero-order chi connectivity index (χ0) is 17.4. The smallest absolute Gasteiger partial charge is 0.252 e. The normalized spacial score (nSPS) is 23.6. The molecule has 0 aliphatic heterocycles. The molecule has 0 saturated heterocycles. The van der Waals surface area contributed by atoms with Crippen molar-refractivity contribution in [1.29, 1.82) is 0 Å². The standard InChI is InChI=1S/C18H32N2O4/c21-15(17(23)19-13-9-5-1-2-6-10-13)16(22)18(24)20-14-11-7-3-4-8-12-14/h13-16,21-22H,1-12H2,(H,19,23)(H,20,24)/t15-,16-/m0/s1. The fourth-order valence-electron chi connectivity index (χ4n) is 3.71. The Bertz CT molecular complexity index is 362. The molecule has 138 valence electrons. The van der Waals surface area contributed by atoms with Crippen molar-refractivity contribution < 1.29 is 19.8 Å². The van der Waals surface area contributed by atoms with Gasteiger partial charge in [-0.05, 0) is 25.7 Å². The Labute approximate surface area is 144 Å². The number of carbonyl (C=O) groups is 2. The third-order valence-corrected chi connectivity index (χ3v) is 5.24. The molecule has 2 amide bonds. The molecule has 2 atom stereocenters. The van der Waals surface area contributed by atoms with Crippen LogP contribution in [0.1, 0.15) is 77.0 Å². The van der Waals surface area contributed by atoms with Crippen LogP contribution in [-0.4, -0.2) is 46.3 Å². The van der Waals surface area contributed by atoms with E-state index < -0.39 is 24.0 Å². The minimum absolute atomic E-state index is 0.0340. The topological polar surface area (TPSA) is 98.7 Å². The number of rotatable bonds is 5. The lowest BCUT2D eigenvalue weighted by atomic mass is 10.1. The second-order valence-electron chi connectivity index (χ2n) is 7.28. The summed E-state index contributed by atoms with van der Waals surface area (Å²) in [6.45, 7) is 0. The fourth-order valence-corrected chi connectivity index (χ4v) is 3.71. The first-order valence-corrected chi connectivity index (χ1v) is 9.55. The predicted molar refractivity (Wildman–Crippen MR) is 91.3 cm³/mol. The van der Waals surface area contributed by atoms with Crippen molar-refractivity contribution in [3.8, 4) is 0 Å². The first kappa shape index (κ1) is 19.2. The van der Waals surface area contributed by atoms with Gasteiger partial charge in [-0.25, -0.2) is 0 Å². The molecule has 0 aromatic rings. The SMILES string of the molecule is O=C(NC1CCCCCC1)[C@@H](O)[C@H](O)C(=O)NC1CCCCCC1. The molecule has 2 aliphatic rings. The molecule has 0 aromatic heterocycles. The van der Waals surface area contributed by atoms with Gasteiger partial charge in [0.25, 0.3) is 11.8 Å². The van der Waals surface area contributed by atoms with Crippen molar-refractivity contribution >= 4 is 11.8 Å². The second kappa shape index (κ2) is 9.99. The van der Waals surface area contributed by atoms with E-state index in [2.05, 4.69) is 10.6 Å². The van der Waals surface area contributed by atoms with Crippen LogP contribution in [0.3, 0.4) is 0 Å². The summed E-state index contributed by atoms with van der Waals surface area (Å²) in [4.78, 5) is 24.2. The Morgan fingerprint density at radius 1 is 0.625 bits per heavy atom. The maximum atomic E-state index is 12.1. The van der Waals surface area contributed by atoms with Crippen LogP contribution in [0, 0.1) is 0 Å². The third kappa shape index (κ3) is 6.06. The summed E-state index contributed by atoms with van der Waals surface area (Å²) in [5, 5.41) is 25.6. The van der Waals surface area contributed by atoms with E-state index >= 15 is 0 Å². The van der Waals surface area contributed by atoms with Gasteiger partial charge in [0.15, 0.2) is 12.2 Å². The molecule has 0 unspecified atom stereocenters. The highest BCUT2D eigenvalue weighted by atomic mass is 16.3. The highest BCUT2D eigenvalue weighted by Crippen LogP contribution is 2.18. The van der Waals surface area contributed by atoms with Crippen LogP contribution < -0.4 is 10.6 Å². The van der Waals surface area contributed by atoms with Gasteiger partial charge in [-0.1, -0.05) is 51.4 Å².